The van der Waals surface area contributed by atoms with E-state index in [0.29, 0.717) is 6.04 Å². The molecule has 108 valence electrons. The van der Waals surface area contributed by atoms with Crippen LogP contribution in [-0.2, 0) is 6.42 Å². The van der Waals surface area contributed by atoms with Gasteiger partial charge in [-0.2, -0.15) is 0 Å². The van der Waals surface area contributed by atoms with Crippen molar-refractivity contribution >= 4 is 21.6 Å². The Hall–Kier alpha value is -0.540. The van der Waals surface area contributed by atoms with Crippen LogP contribution in [0.4, 0.5) is 5.69 Å². The number of hydrogen-bond acceptors (Lipinski definition) is 2. The van der Waals surface area contributed by atoms with Gasteiger partial charge in [0, 0.05) is 28.8 Å². The first kappa shape index (κ1) is 16.5. The topological polar surface area (TPSA) is 29.3 Å². The lowest BCUT2D eigenvalue weighted by Crippen LogP contribution is -2.34. The first-order valence-corrected chi connectivity index (χ1v) is 8.13. The molecule has 0 radical (unpaired) electrons. The van der Waals surface area contributed by atoms with Crippen LogP contribution in [0.2, 0.25) is 0 Å². The molecule has 2 nitrogen and oxygen atoms in total. The van der Waals surface area contributed by atoms with Crippen molar-refractivity contribution in [2.75, 3.05) is 11.4 Å². The van der Waals surface area contributed by atoms with Crippen LogP contribution < -0.4 is 10.6 Å². The first-order chi connectivity index (χ1) is 9.03. The number of benzene rings is 1. The van der Waals surface area contributed by atoms with Gasteiger partial charge in [0.2, 0.25) is 0 Å². The summed E-state index contributed by atoms with van der Waals surface area (Å²) in [6.45, 7) is 9.93. The number of nitrogens with two attached hydrogens (primary N) is 1. The largest absolute Gasteiger partial charge is 0.369 e. The van der Waals surface area contributed by atoms with E-state index in [0.717, 1.165) is 30.3 Å². The molecule has 0 spiro atoms. The van der Waals surface area contributed by atoms with Gasteiger partial charge in [-0.25, -0.2) is 0 Å². The molecule has 1 aromatic carbocycles. The molecular formula is C16H27BrN2. The predicted molar refractivity (Wildman–Crippen MR) is 88.9 cm³/mol. The van der Waals surface area contributed by atoms with Crippen LogP contribution in [0, 0.1) is 0 Å². The molecule has 0 bridgehead atoms. The predicted octanol–water partition coefficient (Wildman–Crippen LogP) is 4.35. The normalized spacial score (nSPS) is 14.2. The van der Waals surface area contributed by atoms with E-state index < -0.39 is 0 Å². The van der Waals surface area contributed by atoms with E-state index in [9.17, 15) is 0 Å². The Balaban J connectivity index is 3.10. The van der Waals surface area contributed by atoms with Gasteiger partial charge in [-0.15, -0.1) is 0 Å². The third-order valence-electron chi connectivity index (χ3n) is 3.82. The highest BCUT2D eigenvalue weighted by molar-refractivity contribution is 9.10. The van der Waals surface area contributed by atoms with Gasteiger partial charge in [-0.05, 0) is 56.9 Å². The Morgan fingerprint density at radius 3 is 2.42 bits per heavy atom. The number of hydrogen-bond donors (Lipinski definition) is 1. The van der Waals surface area contributed by atoms with Gasteiger partial charge in [0.1, 0.15) is 0 Å². The van der Waals surface area contributed by atoms with E-state index in [-0.39, 0.29) is 6.04 Å². The van der Waals surface area contributed by atoms with Crippen molar-refractivity contribution in [1.29, 1.82) is 0 Å². The van der Waals surface area contributed by atoms with Crippen LogP contribution >= 0.6 is 15.9 Å². The molecule has 0 aliphatic rings. The average Bonchev–Trinajstić information content (AvgIpc) is 2.41. The lowest BCUT2D eigenvalue weighted by atomic mass is 10.0. The number of anilines is 1. The fourth-order valence-corrected chi connectivity index (χ4v) is 2.77. The SMILES string of the molecule is CCC(N)Cc1cc(Br)ccc1N(CC)C(C)CC. The molecule has 3 heteroatoms. The van der Waals surface area contributed by atoms with Gasteiger partial charge in [0.25, 0.3) is 0 Å². The monoisotopic (exact) mass is 326 g/mol. The summed E-state index contributed by atoms with van der Waals surface area (Å²) in [6.07, 6.45) is 3.11. The minimum absolute atomic E-state index is 0.240. The lowest BCUT2D eigenvalue weighted by molar-refractivity contribution is 0.615. The quantitative estimate of drug-likeness (QED) is 0.806. The summed E-state index contributed by atoms with van der Waals surface area (Å²) in [4.78, 5) is 2.48. The number of nitrogens with zero attached hydrogens (tertiary/aromatic N) is 1. The molecule has 0 aliphatic heterocycles. The van der Waals surface area contributed by atoms with Gasteiger partial charge < -0.3 is 10.6 Å². The standard InChI is InChI=1S/C16H27BrN2/c1-5-12(4)19(7-3)16-9-8-14(17)10-13(16)11-15(18)6-2/h8-10,12,15H,5-7,11,18H2,1-4H3. The molecular weight excluding hydrogens is 300 g/mol. The molecule has 2 atom stereocenters. The van der Waals surface area contributed by atoms with Crippen LogP contribution in [0.15, 0.2) is 22.7 Å². The maximum atomic E-state index is 6.14. The Labute approximate surface area is 126 Å². The Bertz CT molecular complexity index is 392. The smallest absolute Gasteiger partial charge is 0.0402 e. The van der Waals surface area contributed by atoms with E-state index in [4.69, 9.17) is 5.73 Å². The molecule has 0 saturated heterocycles. The summed E-state index contributed by atoms with van der Waals surface area (Å²) in [5.74, 6) is 0. The van der Waals surface area contributed by atoms with E-state index in [1.165, 1.54) is 11.3 Å². The molecule has 0 heterocycles. The minimum Gasteiger partial charge on any atom is -0.369 e. The summed E-state index contributed by atoms with van der Waals surface area (Å²) in [5.41, 5.74) is 8.83. The third kappa shape index (κ3) is 4.50. The van der Waals surface area contributed by atoms with Gasteiger partial charge in [-0.3, -0.25) is 0 Å². The second-order valence-electron chi connectivity index (χ2n) is 5.19. The fraction of sp³-hybridized carbons (Fsp3) is 0.625. The maximum absolute atomic E-state index is 6.14. The van der Waals surface area contributed by atoms with Crippen molar-refractivity contribution in [3.63, 3.8) is 0 Å². The first-order valence-electron chi connectivity index (χ1n) is 7.34. The molecule has 2 unspecified atom stereocenters. The molecule has 19 heavy (non-hydrogen) atoms. The van der Waals surface area contributed by atoms with Crippen molar-refractivity contribution in [2.45, 2.75) is 59.0 Å². The van der Waals surface area contributed by atoms with Crippen molar-refractivity contribution in [3.05, 3.63) is 28.2 Å². The highest BCUT2D eigenvalue weighted by Gasteiger charge is 2.16. The van der Waals surface area contributed by atoms with Crippen molar-refractivity contribution in [3.8, 4) is 0 Å². The van der Waals surface area contributed by atoms with Crippen LogP contribution in [0.25, 0.3) is 0 Å². The molecule has 0 aromatic heterocycles. The van der Waals surface area contributed by atoms with E-state index in [1.54, 1.807) is 0 Å². The molecule has 0 saturated carbocycles. The van der Waals surface area contributed by atoms with Gasteiger partial charge in [-0.1, -0.05) is 29.8 Å². The Morgan fingerprint density at radius 1 is 1.21 bits per heavy atom. The second kappa shape index (κ2) is 7.91. The van der Waals surface area contributed by atoms with Crippen LogP contribution in [0.5, 0.6) is 0 Å². The van der Waals surface area contributed by atoms with Crippen LogP contribution in [0.1, 0.15) is 46.1 Å². The second-order valence-corrected chi connectivity index (χ2v) is 6.10. The molecule has 1 aromatic rings. The summed E-state index contributed by atoms with van der Waals surface area (Å²) >= 11 is 3.57. The van der Waals surface area contributed by atoms with Gasteiger partial charge in [0.05, 0.1) is 0 Å². The Morgan fingerprint density at radius 2 is 1.89 bits per heavy atom. The van der Waals surface area contributed by atoms with E-state index in [2.05, 4.69) is 66.7 Å². The third-order valence-corrected chi connectivity index (χ3v) is 4.31. The number of rotatable bonds is 7. The zero-order valence-corrected chi connectivity index (χ0v) is 14.2. The van der Waals surface area contributed by atoms with Crippen LogP contribution in [-0.4, -0.2) is 18.6 Å². The zero-order chi connectivity index (χ0) is 14.4. The molecule has 1 rings (SSSR count). The summed E-state index contributed by atoms with van der Waals surface area (Å²) in [5, 5.41) is 0. The molecule has 0 fully saturated rings. The molecule has 0 amide bonds. The van der Waals surface area contributed by atoms with Crippen molar-refractivity contribution in [1.82, 2.24) is 0 Å². The summed E-state index contributed by atoms with van der Waals surface area (Å²) in [7, 11) is 0. The molecule has 0 aliphatic carbocycles. The van der Waals surface area contributed by atoms with Crippen LogP contribution in [0.3, 0.4) is 0 Å². The minimum atomic E-state index is 0.240. The zero-order valence-electron chi connectivity index (χ0n) is 12.6. The van der Waals surface area contributed by atoms with E-state index in [1.807, 2.05) is 0 Å². The highest BCUT2D eigenvalue weighted by Crippen LogP contribution is 2.28. The summed E-state index contributed by atoms with van der Waals surface area (Å²) < 4.78 is 1.13. The fourth-order valence-electron chi connectivity index (χ4n) is 2.36. The summed E-state index contributed by atoms with van der Waals surface area (Å²) in [6, 6.07) is 7.36. The maximum Gasteiger partial charge on any atom is 0.0402 e. The van der Waals surface area contributed by atoms with Gasteiger partial charge in [0.15, 0.2) is 0 Å². The Kier molecular flexibility index (Phi) is 6.87. The van der Waals surface area contributed by atoms with Gasteiger partial charge >= 0.3 is 0 Å². The lowest BCUT2D eigenvalue weighted by Gasteiger charge is -2.32. The average molecular weight is 327 g/mol. The van der Waals surface area contributed by atoms with E-state index >= 15 is 0 Å². The van der Waals surface area contributed by atoms with Crippen molar-refractivity contribution < 1.29 is 0 Å². The van der Waals surface area contributed by atoms with Crippen molar-refractivity contribution in [2.24, 2.45) is 5.73 Å². The highest BCUT2D eigenvalue weighted by atomic mass is 79.9. The number of halogens is 1. The molecule has 2 N–H and O–H groups in total.